The van der Waals surface area contributed by atoms with Crippen molar-refractivity contribution in [1.82, 2.24) is 0 Å². The molecule has 20 heavy (non-hydrogen) atoms. The zero-order chi connectivity index (χ0) is 14.5. The van der Waals surface area contributed by atoms with Crippen molar-refractivity contribution in [1.29, 1.82) is 0 Å². The molecule has 0 radical (unpaired) electrons. The first kappa shape index (κ1) is 14.9. The summed E-state index contributed by atoms with van der Waals surface area (Å²) in [6, 6.07) is 12.1. The molecule has 0 heterocycles. The van der Waals surface area contributed by atoms with Crippen LogP contribution in [0.4, 0.5) is 10.1 Å². The summed E-state index contributed by atoms with van der Waals surface area (Å²) in [5.41, 5.74) is 1.94. The Labute approximate surface area is 126 Å². The molecule has 4 heteroatoms. The van der Waals surface area contributed by atoms with E-state index in [2.05, 4.69) is 28.2 Å². The van der Waals surface area contributed by atoms with Gasteiger partial charge in [0.1, 0.15) is 11.6 Å². The van der Waals surface area contributed by atoms with E-state index in [4.69, 9.17) is 0 Å². The van der Waals surface area contributed by atoms with E-state index in [9.17, 15) is 9.50 Å². The summed E-state index contributed by atoms with van der Waals surface area (Å²) in [7, 11) is 0. The fraction of sp³-hybridized carbons (Fsp3) is 0.250. The zero-order valence-corrected chi connectivity index (χ0v) is 12.8. The molecular weight excluding hydrogens is 321 g/mol. The molecule has 2 rings (SSSR count). The summed E-state index contributed by atoms with van der Waals surface area (Å²) in [6.07, 6.45) is 1.83. The van der Waals surface area contributed by atoms with Gasteiger partial charge in [0.15, 0.2) is 0 Å². The Hall–Kier alpha value is -1.55. The second kappa shape index (κ2) is 6.75. The number of hydrogen-bond acceptors (Lipinski definition) is 2. The molecule has 1 atom stereocenters. The predicted molar refractivity (Wildman–Crippen MR) is 83.6 cm³/mol. The van der Waals surface area contributed by atoms with Gasteiger partial charge < -0.3 is 10.4 Å². The van der Waals surface area contributed by atoms with E-state index >= 15 is 0 Å². The van der Waals surface area contributed by atoms with Crippen LogP contribution in [0, 0.1) is 5.82 Å². The van der Waals surface area contributed by atoms with Crippen LogP contribution in [0.25, 0.3) is 0 Å². The molecule has 0 saturated carbocycles. The lowest BCUT2D eigenvalue weighted by molar-refractivity contribution is 0.475. The van der Waals surface area contributed by atoms with E-state index in [-0.39, 0.29) is 17.6 Å². The smallest absolute Gasteiger partial charge is 0.125 e. The first-order chi connectivity index (χ1) is 9.54. The molecule has 0 saturated heterocycles. The van der Waals surface area contributed by atoms with Gasteiger partial charge in [-0.25, -0.2) is 4.39 Å². The Morgan fingerprint density at radius 2 is 1.90 bits per heavy atom. The number of nitrogens with one attached hydrogen (secondary N) is 1. The van der Waals surface area contributed by atoms with Crippen LogP contribution in [0.2, 0.25) is 0 Å². The van der Waals surface area contributed by atoms with Gasteiger partial charge in [-0.05, 0) is 71.6 Å². The van der Waals surface area contributed by atoms with E-state index in [1.54, 1.807) is 18.2 Å². The molecule has 0 aliphatic carbocycles. The van der Waals surface area contributed by atoms with Crippen LogP contribution in [-0.2, 0) is 6.42 Å². The van der Waals surface area contributed by atoms with Gasteiger partial charge in [0.25, 0.3) is 0 Å². The third kappa shape index (κ3) is 4.23. The van der Waals surface area contributed by atoms with Crippen LogP contribution < -0.4 is 5.32 Å². The highest BCUT2D eigenvalue weighted by Crippen LogP contribution is 2.24. The first-order valence-electron chi connectivity index (χ1n) is 6.54. The quantitative estimate of drug-likeness (QED) is 0.826. The van der Waals surface area contributed by atoms with Crippen LogP contribution in [0.15, 0.2) is 46.9 Å². The highest BCUT2D eigenvalue weighted by Gasteiger charge is 2.07. The van der Waals surface area contributed by atoms with E-state index in [1.165, 1.54) is 17.7 Å². The van der Waals surface area contributed by atoms with Gasteiger partial charge in [0.05, 0.1) is 5.69 Å². The summed E-state index contributed by atoms with van der Waals surface area (Å²) in [5.74, 6) is 0.0325. The zero-order valence-electron chi connectivity index (χ0n) is 11.2. The molecule has 2 nitrogen and oxygen atoms in total. The topological polar surface area (TPSA) is 32.3 Å². The summed E-state index contributed by atoms with van der Waals surface area (Å²) in [4.78, 5) is 0. The number of anilines is 1. The molecule has 0 aromatic heterocycles. The number of phenols is 1. The van der Waals surface area contributed by atoms with Crippen LogP contribution >= 0.6 is 15.9 Å². The van der Waals surface area contributed by atoms with Crippen LogP contribution in [0.3, 0.4) is 0 Å². The predicted octanol–water partition coefficient (Wildman–Crippen LogP) is 4.73. The molecule has 2 aromatic carbocycles. The average Bonchev–Trinajstić information content (AvgIpc) is 2.42. The molecule has 0 bridgehead atoms. The van der Waals surface area contributed by atoms with Crippen molar-refractivity contribution in [2.45, 2.75) is 25.8 Å². The maximum Gasteiger partial charge on any atom is 0.125 e. The van der Waals surface area contributed by atoms with E-state index < -0.39 is 0 Å². The average molecular weight is 338 g/mol. The summed E-state index contributed by atoms with van der Waals surface area (Å²) in [6.45, 7) is 2.07. The molecule has 0 amide bonds. The number of aryl methyl sites for hydroxylation is 1. The van der Waals surface area contributed by atoms with Crippen LogP contribution in [0.1, 0.15) is 18.9 Å². The largest absolute Gasteiger partial charge is 0.508 e. The second-order valence-electron chi connectivity index (χ2n) is 4.87. The highest BCUT2D eigenvalue weighted by molar-refractivity contribution is 9.10. The fourth-order valence-corrected chi connectivity index (χ4v) is 2.35. The second-order valence-corrected chi connectivity index (χ2v) is 5.73. The lowest BCUT2D eigenvalue weighted by atomic mass is 10.1. The minimum Gasteiger partial charge on any atom is -0.508 e. The first-order valence-corrected chi connectivity index (χ1v) is 7.33. The number of rotatable bonds is 5. The molecule has 0 fully saturated rings. The van der Waals surface area contributed by atoms with Crippen molar-refractivity contribution in [3.8, 4) is 5.75 Å². The van der Waals surface area contributed by atoms with Gasteiger partial charge in [-0.2, -0.15) is 0 Å². The summed E-state index contributed by atoms with van der Waals surface area (Å²) >= 11 is 3.41. The number of phenolic OH excluding ortho intramolecular Hbond substituents is 1. The third-order valence-corrected chi connectivity index (χ3v) is 3.82. The molecule has 2 N–H and O–H groups in total. The van der Waals surface area contributed by atoms with Gasteiger partial charge in [-0.15, -0.1) is 0 Å². The van der Waals surface area contributed by atoms with Gasteiger partial charge in [-0.1, -0.05) is 12.1 Å². The SMILES string of the molecule is CC(CCc1ccc(O)cc1)Nc1cc(F)ccc1Br. The van der Waals surface area contributed by atoms with Crippen molar-refractivity contribution in [3.63, 3.8) is 0 Å². The van der Waals surface area contributed by atoms with Gasteiger partial charge >= 0.3 is 0 Å². The Morgan fingerprint density at radius 1 is 1.20 bits per heavy atom. The van der Waals surface area contributed by atoms with Crippen molar-refractivity contribution >= 4 is 21.6 Å². The number of hydrogen-bond donors (Lipinski definition) is 2. The number of aromatic hydroxyl groups is 1. The standard InChI is InChI=1S/C16H17BrFNO/c1-11(2-3-12-4-7-14(20)8-5-12)19-16-10-13(18)6-9-15(16)17/h4-11,19-20H,2-3H2,1H3. The van der Waals surface area contributed by atoms with Gasteiger partial charge in [0.2, 0.25) is 0 Å². The van der Waals surface area contributed by atoms with E-state index in [1.807, 2.05) is 12.1 Å². The molecule has 0 spiro atoms. The summed E-state index contributed by atoms with van der Waals surface area (Å²) < 4.78 is 14.1. The Morgan fingerprint density at radius 3 is 2.60 bits per heavy atom. The van der Waals surface area contributed by atoms with Gasteiger partial charge in [-0.3, -0.25) is 0 Å². The minimum absolute atomic E-state index is 0.224. The molecule has 106 valence electrons. The fourth-order valence-electron chi connectivity index (χ4n) is 1.99. The lowest BCUT2D eigenvalue weighted by Gasteiger charge is -2.16. The van der Waals surface area contributed by atoms with Crippen molar-refractivity contribution < 1.29 is 9.50 Å². The maximum absolute atomic E-state index is 13.2. The molecule has 1 unspecified atom stereocenters. The number of benzene rings is 2. The van der Waals surface area contributed by atoms with E-state index in [0.29, 0.717) is 0 Å². The van der Waals surface area contributed by atoms with Crippen molar-refractivity contribution in [2.75, 3.05) is 5.32 Å². The van der Waals surface area contributed by atoms with E-state index in [0.717, 1.165) is 23.0 Å². The Balaban J connectivity index is 1.90. The Bertz CT molecular complexity index is 571. The molecular formula is C16H17BrFNO. The van der Waals surface area contributed by atoms with Crippen LogP contribution in [0.5, 0.6) is 5.75 Å². The van der Waals surface area contributed by atoms with Crippen LogP contribution in [-0.4, -0.2) is 11.1 Å². The highest BCUT2D eigenvalue weighted by atomic mass is 79.9. The lowest BCUT2D eigenvalue weighted by Crippen LogP contribution is -2.16. The monoisotopic (exact) mass is 337 g/mol. The Kier molecular flexibility index (Phi) is 5.01. The van der Waals surface area contributed by atoms with Gasteiger partial charge in [0, 0.05) is 10.5 Å². The molecule has 0 aliphatic rings. The normalized spacial score (nSPS) is 12.2. The van der Waals surface area contributed by atoms with Crippen molar-refractivity contribution in [3.05, 3.63) is 58.3 Å². The molecule has 2 aromatic rings. The molecule has 0 aliphatic heterocycles. The number of halogens is 2. The summed E-state index contributed by atoms with van der Waals surface area (Å²) in [5, 5.41) is 12.5. The minimum atomic E-state index is -0.249. The third-order valence-electron chi connectivity index (χ3n) is 3.13. The van der Waals surface area contributed by atoms with Crippen molar-refractivity contribution in [2.24, 2.45) is 0 Å². The maximum atomic E-state index is 13.2.